The van der Waals surface area contributed by atoms with Crippen molar-refractivity contribution >= 4 is 29.3 Å². The minimum Gasteiger partial charge on any atom is -0.495 e. The molecule has 2 N–H and O–H groups in total. The lowest BCUT2D eigenvalue weighted by atomic mass is 10.1. The molecule has 0 bridgehead atoms. The number of carbonyl (C=O) groups excluding carboxylic acids is 3. The third-order valence-electron chi connectivity index (χ3n) is 9.07. The van der Waals surface area contributed by atoms with E-state index < -0.39 is 17.6 Å². The van der Waals surface area contributed by atoms with Crippen molar-refractivity contribution in [3.05, 3.63) is 125 Å². The van der Waals surface area contributed by atoms with Crippen LogP contribution in [0.4, 0.5) is 16.2 Å². The van der Waals surface area contributed by atoms with Gasteiger partial charge in [-0.25, -0.2) is 4.79 Å². The van der Waals surface area contributed by atoms with Gasteiger partial charge in [-0.05, 0) is 106 Å². The highest BCUT2D eigenvalue weighted by atomic mass is 16.6. The molecule has 296 valence electrons. The number of methoxy groups -OCH3 is 1. The van der Waals surface area contributed by atoms with E-state index in [1.54, 1.807) is 70.3 Å². The average Bonchev–Trinajstić information content (AvgIpc) is 3.48. The summed E-state index contributed by atoms with van der Waals surface area (Å²) in [6.45, 7) is 10.2. The van der Waals surface area contributed by atoms with Gasteiger partial charge in [0, 0.05) is 31.9 Å². The number of para-hydroxylation sites is 1. The maximum Gasteiger partial charge on any atom is 0.407 e. The van der Waals surface area contributed by atoms with E-state index in [4.69, 9.17) is 18.9 Å². The van der Waals surface area contributed by atoms with Crippen molar-refractivity contribution in [2.24, 2.45) is 7.05 Å². The van der Waals surface area contributed by atoms with E-state index in [1.807, 2.05) is 74.0 Å². The fraction of sp³-hybridized carbons (Fsp3) is 0.289. The molecule has 0 spiro atoms. The van der Waals surface area contributed by atoms with Crippen LogP contribution in [-0.4, -0.2) is 55.4 Å². The maximum atomic E-state index is 13.9. The van der Waals surface area contributed by atoms with Gasteiger partial charge in [0.2, 0.25) is 0 Å². The fourth-order valence-electron chi connectivity index (χ4n) is 6.06. The minimum absolute atomic E-state index is 0.258. The number of rotatable bonds is 14. The number of ether oxygens (including phenoxy) is 4. The van der Waals surface area contributed by atoms with Crippen molar-refractivity contribution in [1.29, 1.82) is 5.26 Å². The number of amides is 3. The summed E-state index contributed by atoms with van der Waals surface area (Å²) in [6, 6.07) is 29.4. The van der Waals surface area contributed by atoms with Crippen LogP contribution in [0.1, 0.15) is 70.3 Å². The molecule has 5 rings (SSSR count). The van der Waals surface area contributed by atoms with Crippen molar-refractivity contribution in [3.63, 3.8) is 0 Å². The highest BCUT2D eigenvalue weighted by Gasteiger charge is 2.22. The number of aromatic nitrogens is 1. The molecule has 57 heavy (non-hydrogen) atoms. The first-order valence-electron chi connectivity index (χ1n) is 18.5. The number of hydrogen-bond acceptors (Lipinski definition) is 8. The van der Waals surface area contributed by atoms with Crippen molar-refractivity contribution in [2.45, 2.75) is 53.2 Å². The molecule has 0 aliphatic heterocycles. The summed E-state index contributed by atoms with van der Waals surface area (Å²) >= 11 is 0. The molecule has 0 saturated carbocycles. The molecular weight excluding hydrogens is 723 g/mol. The zero-order valence-electron chi connectivity index (χ0n) is 33.7. The van der Waals surface area contributed by atoms with Crippen molar-refractivity contribution in [1.82, 2.24) is 9.88 Å². The number of nitriles is 1. The molecule has 0 radical (unpaired) electrons. The van der Waals surface area contributed by atoms with E-state index in [-0.39, 0.29) is 19.1 Å². The first kappa shape index (κ1) is 41.4. The predicted octanol–water partition coefficient (Wildman–Crippen LogP) is 8.59. The topological polar surface area (TPSA) is 144 Å². The Bertz CT molecular complexity index is 2280. The molecule has 4 aromatic carbocycles. The lowest BCUT2D eigenvalue weighted by molar-refractivity contribution is 0.0525. The van der Waals surface area contributed by atoms with Gasteiger partial charge in [-0.1, -0.05) is 42.5 Å². The summed E-state index contributed by atoms with van der Waals surface area (Å²) in [5.41, 5.74) is 6.33. The smallest absolute Gasteiger partial charge is 0.407 e. The molecule has 5 aromatic rings. The van der Waals surface area contributed by atoms with Gasteiger partial charge in [-0.3, -0.25) is 9.59 Å². The first-order valence-corrected chi connectivity index (χ1v) is 18.5. The van der Waals surface area contributed by atoms with Gasteiger partial charge in [-0.15, -0.1) is 0 Å². The third-order valence-corrected chi connectivity index (χ3v) is 9.07. The average molecular weight is 772 g/mol. The summed E-state index contributed by atoms with van der Waals surface area (Å²) in [7, 11) is 5.09. The number of alkyl carbamates (subject to hydrolysis) is 1. The molecule has 0 aliphatic carbocycles. The van der Waals surface area contributed by atoms with Gasteiger partial charge in [0.15, 0.2) is 0 Å². The fourth-order valence-corrected chi connectivity index (χ4v) is 6.06. The molecule has 0 aliphatic rings. The lowest BCUT2D eigenvalue weighted by Crippen LogP contribution is -2.33. The van der Waals surface area contributed by atoms with Crippen molar-refractivity contribution < 1.29 is 33.3 Å². The number of carbonyl (C=O) groups is 3. The lowest BCUT2D eigenvalue weighted by Gasteiger charge is -2.22. The van der Waals surface area contributed by atoms with E-state index in [9.17, 15) is 19.6 Å². The van der Waals surface area contributed by atoms with E-state index in [2.05, 4.69) is 16.7 Å². The first-order chi connectivity index (χ1) is 27.2. The Balaban J connectivity index is 1.23. The van der Waals surface area contributed by atoms with Crippen LogP contribution in [0.3, 0.4) is 0 Å². The second-order valence-electron chi connectivity index (χ2n) is 14.5. The predicted molar refractivity (Wildman–Crippen MR) is 220 cm³/mol. The number of aryl methyl sites for hydroxylation is 2. The molecule has 0 unspecified atom stereocenters. The van der Waals surface area contributed by atoms with Crippen LogP contribution in [0.25, 0.3) is 11.3 Å². The Labute approximate surface area is 333 Å². The van der Waals surface area contributed by atoms with Gasteiger partial charge >= 0.3 is 6.09 Å². The Morgan fingerprint density at radius 2 is 1.61 bits per heavy atom. The zero-order valence-corrected chi connectivity index (χ0v) is 33.7. The van der Waals surface area contributed by atoms with Crippen LogP contribution < -0.4 is 29.7 Å². The molecule has 0 fully saturated rings. The summed E-state index contributed by atoms with van der Waals surface area (Å²) in [6.07, 6.45) is -0.00733. The monoisotopic (exact) mass is 771 g/mol. The van der Waals surface area contributed by atoms with Crippen LogP contribution >= 0.6 is 0 Å². The van der Waals surface area contributed by atoms with E-state index in [0.29, 0.717) is 58.3 Å². The second-order valence-corrected chi connectivity index (χ2v) is 14.5. The van der Waals surface area contributed by atoms with Crippen LogP contribution in [-0.2, 0) is 18.4 Å². The van der Waals surface area contributed by atoms with E-state index in [1.165, 1.54) is 12.0 Å². The Hall–Kier alpha value is -6.74. The molecule has 12 nitrogen and oxygen atoms in total. The molecule has 0 saturated heterocycles. The molecule has 0 atom stereocenters. The van der Waals surface area contributed by atoms with Crippen molar-refractivity contribution in [2.75, 3.05) is 37.5 Å². The molecule has 3 amide bonds. The Morgan fingerprint density at radius 1 is 0.877 bits per heavy atom. The van der Waals surface area contributed by atoms with Gasteiger partial charge in [0.05, 0.1) is 41.9 Å². The normalized spacial score (nSPS) is 10.9. The minimum atomic E-state index is -0.589. The zero-order chi connectivity index (χ0) is 41.3. The number of nitrogens with zero attached hydrogens (tertiary/aromatic N) is 3. The van der Waals surface area contributed by atoms with Crippen molar-refractivity contribution in [3.8, 4) is 34.6 Å². The number of hydrogen-bond donors (Lipinski definition) is 2. The third kappa shape index (κ3) is 10.5. The van der Waals surface area contributed by atoms with Gasteiger partial charge in [0.1, 0.15) is 35.5 Å². The van der Waals surface area contributed by atoms with Gasteiger partial charge in [0.25, 0.3) is 11.8 Å². The van der Waals surface area contributed by atoms with E-state index >= 15 is 0 Å². The standard InChI is InChI=1S/C45H49N5O7/c1-29-14-21-37(40(24-29)56-28-31-15-17-32(18-16-31)41-34(27-46)25-30(2)49(41)6)50(7)43(52)33-19-20-36(39(26-33)54-8)48-42(51)35-12-9-10-13-38(35)55-23-11-22-47-44(53)57-45(3,4)5/h9-10,12-21,24-26H,11,22-23,28H2,1-8H3,(H,47,53)(H,48,51). The highest BCUT2D eigenvalue weighted by Crippen LogP contribution is 2.33. The highest BCUT2D eigenvalue weighted by molar-refractivity contribution is 6.09. The SMILES string of the molecule is COc1cc(C(=O)N(C)c2ccc(C)cc2OCc2ccc(-c3c(C#N)cc(C)n3C)cc2)ccc1NC(=O)c1ccccc1OCCCNC(=O)OC(C)(C)C. The molecule has 12 heteroatoms. The summed E-state index contributed by atoms with van der Waals surface area (Å²) in [5.74, 6) is 0.478. The van der Waals surface area contributed by atoms with Crippen LogP contribution in [0.15, 0.2) is 91.0 Å². The number of benzene rings is 4. The Kier molecular flexibility index (Phi) is 13.3. The van der Waals surface area contributed by atoms with Crippen LogP contribution in [0, 0.1) is 25.2 Å². The summed E-state index contributed by atoms with van der Waals surface area (Å²) < 4.78 is 25.1. The van der Waals surface area contributed by atoms with E-state index in [0.717, 1.165) is 28.1 Å². The van der Waals surface area contributed by atoms with Crippen LogP contribution in [0.5, 0.6) is 17.2 Å². The maximum absolute atomic E-state index is 13.9. The largest absolute Gasteiger partial charge is 0.495 e. The quantitative estimate of drug-likeness (QED) is 0.107. The number of anilines is 2. The number of nitrogens with one attached hydrogen (secondary N) is 2. The Morgan fingerprint density at radius 3 is 2.32 bits per heavy atom. The second kappa shape index (κ2) is 18.3. The molecule has 1 aromatic heterocycles. The van der Waals surface area contributed by atoms with Gasteiger partial charge < -0.3 is 39.0 Å². The van der Waals surface area contributed by atoms with Crippen LogP contribution in [0.2, 0.25) is 0 Å². The summed E-state index contributed by atoms with van der Waals surface area (Å²) in [4.78, 5) is 40.8. The molecular formula is C45H49N5O7. The van der Waals surface area contributed by atoms with Gasteiger partial charge in [-0.2, -0.15) is 5.26 Å². The summed E-state index contributed by atoms with van der Waals surface area (Å²) in [5, 5.41) is 15.2. The molecule has 1 heterocycles.